The van der Waals surface area contributed by atoms with Crippen LogP contribution < -0.4 is 10.6 Å². The first kappa shape index (κ1) is 14.8. The molecule has 3 unspecified atom stereocenters. The molecule has 3 N–H and O–H groups in total. The molecule has 0 radical (unpaired) electrons. The fraction of sp³-hybridized carbons (Fsp3) is 0.833. The second-order valence-corrected chi connectivity index (χ2v) is 4.71. The summed E-state index contributed by atoms with van der Waals surface area (Å²) in [6, 6.07) is -0.0791. The number of amides is 2. The molecule has 0 aromatic rings. The maximum absolute atomic E-state index is 11.5. The lowest BCUT2D eigenvalue weighted by Crippen LogP contribution is -2.43. The highest BCUT2D eigenvalue weighted by Crippen LogP contribution is 2.19. The van der Waals surface area contributed by atoms with E-state index in [2.05, 4.69) is 17.6 Å². The molecule has 1 aliphatic rings. The molecule has 0 bridgehead atoms. The van der Waals surface area contributed by atoms with Gasteiger partial charge in [-0.15, -0.1) is 0 Å². The maximum atomic E-state index is 11.5. The number of hydrogen-bond donors (Lipinski definition) is 3. The third-order valence-electron chi connectivity index (χ3n) is 2.97. The third-order valence-corrected chi connectivity index (χ3v) is 2.97. The van der Waals surface area contributed by atoms with E-state index < -0.39 is 12.1 Å². The summed E-state index contributed by atoms with van der Waals surface area (Å²) in [4.78, 5) is 22.2. The fourth-order valence-corrected chi connectivity index (χ4v) is 2.02. The average Bonchev–Trinajstić information content (AvgIpc) is 2.75. The Hall–Kier alpha value is -1.30. The largest absolute Gasteiger partial charge is 0.479 e. The highest BCUT2D eigenvalue weighted by atomic mass is 16.5. The van der Waals surface area contributed by atoms with Gasteiger partial charge in [0.25, 0.3) is 0 Å². The number of carboxylic acid groups (broad SMARTS) is 1. The Bertz CT molecular complexity index is 296. The molecule has 0 aromatic heterocycles. The Morgan fingerprint density at radius 1 is 1.44 bits per heavy atom. The zero-order valence-corrected chi connectivity index (χ0v) is 10.9. The van der Waals surface area contributed by atoms with Gasteiger partial charge in [0.2, 0.25) is 0 Å². The first-order chi connectivity index (χ1) is 8.52. The van der Waals surface area contributed by atoms with Crippen LogP contribution in [0.15, 0.2) is 0 Å². The third kappa shape index (κ3) is 4.91. The lowest BCUT2D eigenvalue weighted by molar-refractivity contribution is -0.149. The molecule has 0 saturated carbocycles. The van der Waals surface area contributed by atoms with Crippen LogP contribution in [0, 0.1) is 0 Å². The minimum Gasteiger partial charge on any atom is -0.479 e. The van der Waals surface area contributed by atoms with E-state index in [9.17, 15) is 9.59 Å². The molecular weight excluding hydrogens is 236 g/mol. The monoisotopic (exact) mass is 258 g/mol. The first-order valence-electron chi connectivity index (χ1n) is 6.45. The molecule has 18 heavy (non-hydrogen) atoms. The molecule has 0 aromatic carbocycles. The molecule has 104 valence electrons. The zero-order chi connectivity index (χ0) is 13.5. The van der Waals surface area contributed by atoms with Crippen molar-refractivity contribution in [3.8, 4) is 0 Å². The number of rotatable bonds is 6. The summed E-state index contributed by atoms with van der Waals surface area (Å²) in [5.74, 6) is -0.932. The van der Waals surface area contributed by atoms with Gasteiger partial charge in [0.05, 0.1) is 6.10 Å². The number of hydrogen-bond acceptors (Lipinski definition) is 3. The summed E-state index contributed by atoms with van der Waals surface area (Å²) >= 11 is 0. The van der Waals surface area contributed by atoms with E-state index in [1.165, 1.54) is 0 Å². The van der Waals surface area contributed by atoms with Crippen LogP contribution in [0.2, 0.25) is 0 Å². The maximum Gasteiger partial charge on any atom is 0.332 e. The smallest absolute Gasteiger partial charge is 0.332 e. The molecule has 1 fully saturated rings. The van der Waals surface area contributed by atoms with Crippen LogP contribution in [0.25, 0.3) is 0 Å². The number of carbonyl (C=O) groups is 2. The number of carboxylic acids is 1. The van der Waals surface area contributed by atoms with Gasteiger partial charge in [-0.3, -0.25) is 0 Å². The Morgan fingerprint density at radius 2 is 2.17 bits per heavy atom. The number of ether oxygens (including phenoxy) is 1. The first-order valence-corrected chi connectivity index (χ1v) is 6.45. The molecule has 1 heterocycles. The van der Waals surface area contributed by atoms with Gasteiger partial charge in [0.1, 0.15) is 0 Å². The second kappa shape index (κ2) is 7.20. The van der Waals surface area contributed by atoms with E-state index in [1.807, 2.05) is 6.92 Å². The summed E-state index contributed by atoms with van der Waals surface area (Å²) in [5.41, 5.74) is 0. The van der Waals surface area contributed by atoms with Crippen LogP contribution in [-0.2, 0) is 9.53 Å². The van der Waals surface area contributed by atoms with Crippen LogP contribution in [-0.4, -0.2) is 41.9 Å². The van der Waals surface area contributed by atoms with E-state index in [4.69, 9.17) is 9.84 Å². The number of aliphatic carboxylic acids is 1. The van der Waals surface area contributed by atoms with Crippen LogP contribution in [0.5, 0.6) is 0 Å². The zero-order valence-electron chi connectivity index (χ0n) is 10.9. The predicted molar refractivity (Wildman–Crippen MR) is 66.4 cm³/mol. The van der Waals surface area contributed by atoms with Crippen LogP contribution in [0.1, 0.15) is 39.5 Å². The van der Waals surface area contributed by atoms with Crippen molar-refractivity contribution in [3.63, 3.8) is 0 Å². The summed E-state index contributed by atoms with van der Waals surface area (Å²) in [5, 5.41) is 14.3. The van der Waals surface area contributed by atoms with Crippen LogP contribution in [0.4, 0.5) is 4.79 Å². The molecule has 2 amide bonds. The quantitative estimate of drug-likeness (QED) is 0.666. The van der Waals surface area contributed by atoms with E-state index in [0.717, 1.165) is 12.8 Å². The molecule has 1 saturated heterocycles. The van der Waals surface area contributed by atoms with Crippen molar-refractivity contribution >= 4 is 12.0 Å². The lowest BCUT2D eigenvalue weighted by atomic mass is 10.2. The van der Waals surface area contributed by atoms with Crippen molar-refractivity contribution in [2.75, 3.05) is 6.54 Å². The van der Waals surface area contributed by atoms with Gasteiger partial charge in [-0.25, -0.2) is 9.59 Å². The van der Waals surface area contributed by atoms with E-state index >= 15 is 0 Å². The van der Waals surface area contributed by atoms with Gasteiger partial charge in [-0.1, -0.05) is 13.3 Å². The molecule has 0 aliphatic carbocycles. The van der Waals surface area contributed by atoms with Crippen LogP contribution >= 0.6 is 0 Å². The Kier molecular flexibility index (Phi) is 5.91. The van der Waals surface area contributed by atoms with Crippen molar-refractivity contribution in [1.29, 1.82) is 0 Å². The highest BCUT2D eigenvalue weighted by Gasteiger charge is 2.30. The van der Waals surface area contributed by atoms with E-state index in [-0.39, 0.29) is 18.2 Å². The van der Waals surface area contributed by atoms with Crippen molar-refractivity contribution in [2.24, 2.45) is 0 Å². The van der Waals surface area contributed by atoms with Gasteiger partial charge >= 0.3 is 12.0 Å². The van der Waals surface area contributed by atoms with Gasteiger partial charge in [0, 0.05) is 12.6 Å². The molecule has 3 atom stereocenters. The standard InChI is InChI=1S/C12H22N2O4/c1-3-4-8(2)14-12(17)13-7-9-5-6-10(18-9)11(15)16/h8-10H,3-7H2,1-2H3,(H,15,16)(H2,13,14,17). The van der Waals surface area contributed by atoms with E-state index in [1.54, 1.807) is 0 Å². The minimum atomic E-state index is -0.932. The number of carbonyl (C=O) groups excluding carboxylic acids is 1. The summed E-state index contributed by atoms with van der Waals surface area (Å²) in [6.07, 6.45) is 2.22. The van der Waals surface area contributed by atoms with Gasteiger partial charge in [-0.05, 0) is 26.2 Å². The Morgan fingerprint density at radius 3 is 2.72 bits per heavy atom. The second-order valence-electron chi connectivity index (χ2n) is 4.71. The van der Waals surface area contributed by atoms with Crippen LogP contribution in [0.3, 0.4) is 0 Å². The number of urea groups is 1. The molecule has 6 heteroatoms. The minimum absolute atomic E-state index is 0.145. The molecular formula is C12H22N2O4. The fourth-order valence-electron chi connectivity index (χ4n) is 2.02. The normalized spacial score (nSPS) is 24.6. The predicted octanol–water partition coefficient (Wildman–Crippen LogP) is 1.11. The van der Waals surface area contributed by atoms with Gasteiger partial charge < -0.3 is 20.5 Å². The average molecular weight is 258 g/mol. The molecule has 6 nitrogen and oxygen atoms in total. The highest BCUT2D eigenvalue weighted by molar-refractivity contribution is 5.74. The van der Waals surface area contributed by atoms with Crippen molar-refractivity contribution in [2.45, 2.75) is 57.8 Å². The summed E-state index contributed by atoms with van der Waals surface area (Å²) in [6.45, 7) is 4.37. The lowest BCUT2D eigenvalue weighted by Gasteiger charge is -2.16. The van der Waals surface area contributed by atoms with Gasteiger partial charge in [-0.2, -0.15) is 0 Å². The Balaban J connectivity index is 2.17. The van der Waals surface area contributed by atoms with Crippen molar-refractivity contribution < 1.29 is 19.4 Å². The molecule has 0 spiro atoms. The topological polar surface area (TPSA) is 87.7 Å². The molecule has 1 aliphatic heterocycles. The number of nitrogens with one attached hydrogen (secondary N) is 2. The summed E-state index contributed by atoms with van der Waals surface area (Å²) < 4.78 is 5.28. The Labute approximate surface area is 107 Å². The van der Waals surface area contributed by atoms with Gasteiger partial charge in [0.15, 0.2) is 6.10 Å². The summed E-state index contributed by atoms with van der Waals surface area (Å²) in [7, 11) is 0. The molecule has 1 rings (SSSR count). The van der Waals surface area contributed by atoms with Crippen molar-refractivity contribution in [1.82, 2.24) is 10.6 Å². The van der Waals surface area contributed by atoms with Crippen molar-refractivity contribution in [3.05, 3.63) is 0 Å². The SMILES string of the molecule is CCCC(C)NC(=O)NCC1CCC(C(=O)O)O1. The van der Waals surface area contributed by atoms with E-state index in [0.29, 0.717) is 19.4 Å².